The SMILES string of the molecule is O=[S@](CCCCN=C=S)c1ccc2ccccc2c1. The molecule has 2 aromatic rings. The molecule has 0 aliphatic rings. The fraction of sp³-hybridized carbons (Fsp3) is 0.267. The Morgan fingerprint density at radius 3 is 2.68 bits per heavy atom. The summed E-state index contributed by atoms with van der Waals surface area (Å²) >= 11 is 4.50. The van der Waals surface area contributed by atoms with Crippen LogP contribution in [0.1, 0.15) is 12.8 Å². The van der Waals surface area contributed by atoms with Gasteiger partial charge < -0.3 is 0 Å². The van der Waals surface area contributed by atoms with E-state index in [9.17, 15) is 4.21 Å². The van der Waals surface area contributed by atoms with Crippen molar-refractivity contribution in [2.75, 3.05) is 12.3 Å². The average Bonchev–Trinajstić information content (AvgIpc) is 2.46. The van der Waals surface area contributed by atoms with E-state index in [1.807, 2.05) is 36.4 Å². The lowest BCUT2D eigenvalue weighted by Crippen LogP contribution is -1.99. The summed E-state index contributed by atoms with van der Waals surface area (Å²) in [5, 5.41) is 4.66. The third-order valence-corrected chi connectivity index (χ3v) is 4.47. The van der Waals surface area contributed by atoms with Gasteiger partial charge >= 0.3 is 0 Å². The van der Waals surface area contributed by atoms with E-state index in [0.717, 1.165) is 23.1 Å². The minimum Gasteiger partial charge on any atom is -0.254 e. The average molecular weight is 289 g/mol. The van der Waals surface area contributed by atoms with Gasteiger partial charge in [0.25, 0.3) is 0 Å². The van der Waals surface area contributed by atoms with Crippen molar-refractivity contribution >= 4 is 39.0 Å². The van der Waals surface area contributed by atoms with Crippen molar-refractivity contribution in [2.24, 2.45) is 4.99 Å². The summed E-state index contributed by atoms with van der Waals surface area (Å²) in [5.74, 6) is 0.672. The van der Waals surface area contributed by atoms with Gasteiger partial charge in [0.15, 0.2) is 0 Å². The van der Waals surface area contributed by atoms with Crippen molar-refractivity contribution in [1.82, 2.24) is 0 Å². The molecule has 2 aromatic carbocycles. The van der Waals surface area contributed by atoms with Gasteiger partial charge in [-0.15, -0.1) is 0 Å². The maximum absolute atomic E-state index is 12.2. The number of thiocarbonyl (C=S) groups is 1. The van der Waals surface area contributed by atoms with Crippen LogP contribution >= 0.6 is 12.2 Å². The fourth-order valence-electron chi connectivity index (χ4n) is 1.90. The second kappa shape index (κ2) is 7.29. The van der Waals surface area contributed by atoms with Gasteiger partial charge in [-0.3, -0.25) is 4.21 Å². The van der Waals surface area contributed by atoms with E-state index in [4.69, 9.17) is 0 Å². The highest BCUT2D eigenvalue weighted by molar-refractivity contribution is 7.85. The Balaban J connectivity index is 1.99. The molecule has 0 saturated carbocycles. The Labute approximate surface area is 121 Å². The summed E-state index contributed by atoms with van der Waals surface area (Å²) < 4.78 is 12.2. The molecule has 1 atom stereocenters. The third-order valence-electron chi connectivity index (χ3n) is 2.90. The Morgan fingerprint density at radius 2 is 1.89 bits per heavy atom. The van der Waals surface area contributed by atoms with Crippen LogP contribution < -0.4 is 0 Å². The molecular weight excluding hydrogens is 274 g/mol. The van der Waals surface area contributed by atoms with Gasteiger partial charge in [0.2, 0.25) is 0 Å². The van der Waals surface area contributed by atoms with Crippen molar-refractivity contribution in [1.29, 1.82) is 0 Å². The van der Waals surface area contributed by atoms with Gasteiger partial charge in [0.1, 0.15) is 0 Å². The molecule has 98 valence electrons. The number of isothiocyanates is 1. The zero-order valence-electron chi connectivity index (χ0n) is 10.5. The molecule has 0 N–H and O–H groups in total. The second-order valence-corrected chi connectivity index (χ2v) is 5.99. The van der Waals surface area contributed by atoms with Gasteiger partial charge in [-0.25, -0.2) is 4.99 Å². The zero-order chi connectivity index (χ0) is 13.5. The topological polar surface area (TPSA) is 29.4 Å². The van der Waals surface area contributed by atoms with E-state index in [-0.39, 0.29) is 0 Å². The Bertz CT molecular complexity index is 633. The predicted molar refractivity (Wildman–Crippen MR) is 84.4 cm³/mol. The highest BCUT2D eigenvalue weighted by Gasteiger charge is 2.04. The number of hydrogen-bond donors (Lipinski definition) is 0. The number of benzene rings is 2. The van der Waals surface area contributed by atoms with Crippen molar-refractivity contribution < 1.29 is 4.21 Å². The monoisotopic (exact) mass is 289 g/mol. The van der Waals surface area contributed by atoms with Crippen molar-refractivity contribution in [3.8, 4) is 0 Å². The van der Waals surface area contributed by atoms with Gasteiger partial charge in [-0.2, -0.15) is 0 Å². The molecule has 0 fully saturated rings. The van der Waals surface area contributed by atoms with Crippen molar-refractivity contribution in [2.45, 2.75) is 17.7 Å². The molecule has 19 heavy (non-hydrogen) atoms. The standard InChI is InChI=1S/C15H15NOS2/c17-19(10-4-3-9-16-12-18)15-8-7-13-5-1-2-6-14(13)11-15/h1-2,5-8,11H,3-4,9-10H2/t19-/m1/s1. The molecule has 0 bridgehead atoms. The number of fused-ring (bicyclic) bond motifs is 1. The lowest BCUT2D eigenvalue weighted by atomic mass is 10.1. The Morgan fingerprint density at radius 1 is 1.11 bits per heavy atom. The van der Waals surface area contributed by atoms with Crippen molar-refractivity contribution in [3.05, 3.63) is 42.5 Å². The van der Waals surface area contributed by atoms with Gasteiger partial charge in [-0.1, -0.05) is 30.3 Å². The van der Waals surface area contributed by atoms with Crippen LogP contribution in [-0.4, -0.2) is 21.7 Å². The minimum absolute atomic E-state index is 0.672. The molecule has 2 rings (SSSR count). The third kappa shape index (κ3) is 4.06. The molecule has 0 aromatic heterocycles. The molecular formula is C15H15NOS2. The van der Waals surface area contributed by atoms with E-state index in [1.165, 1.54) is 5.39 Å². The molecule has 0 unspecified atom stereocenters. The smallest absolute Gasteiger partial charge is 0.0584 e. The van der Waals surface area contributed by atoms with E-state index < -0.39 is 10.8 Å². The normalized spacial score (nSPS) is 12.0. The van der Waals surface area contributed by atoms with Gasteiger partial charge in [-0.05, 0) is 48.0 Å². The molecule has 0 heterocycles. The minimum atomic E-state index is -0.933. The molecule has 0 radical (unpaired) electrons. The first-order chi connectivity index (χ1) is 9.31. The molecule has 0 spiro atoms. The van der Waals surface area contributed by atoms with E-state index >= 15 is 0 Å². The fourth-order valence-corrected chi connectivity index (χ4v) is 3.17. The first-order valence-corrected chi connectivity index (χ1v) is 7.95. The first kappa shape index (κ1) is 14.1. The lowest BCUT2D eigenvalue weighted by Gasteiger charge is -2.04. The number of hydrogen-bond acceptors (Lipinski definition) is 3. The summed E-state index contributed by atoms with van der Waals surface area (Å²) in [6.07, 6.45) is 1.79. The highest BCUT2D eigenvalue weighted by atomic mass is 32.2. The zero-order valence-corrected chi connectivity index (χ0v) is 12.2. The molecule has 0 saturated heterocycles. The molecule has 0 amide bonds. The molecule has 0 aliphatic carbocycles. The summed E-state index contributed by atoms with van der Waals surface area (Å²) in [5.41, 5.74) is 0. The van der Waals surface area contributed by atoms with E-state index in [0.29, 0.717) is 12.3 Å². The van der Waals surface area contributed by atoms with Crippen LogP contribution in [0.5, 0.6) is 0 Å². The van der Waals surface area contributed by atoms with Gasteiger partial charge in [0, 0.05) is 17.2 Å². The molecule has 2 nitrogen and oxygen atoms in total. The summed E-state index contributed by atoms with van der Waals surface area (Å²) in [6.45, 7) is 0.679. The number of unbranched alkanes of at least 4 members (excludes halogenated alkanes) is 1. The number of nitrogens with zero attached hydrogens (tertiary/aromatic N) is 1. The van der Waals surface area contributed by atoms with Gasteiger partial charge in [0.05, 0.1) is 16.0 Å². The van der Waals surface area contributed by atoms with Crippen molar-refractivity contribution in [3.63, 3.8) is 0 Å². The quantitative estimate of drug-likeness (QED) is 0.459. The largest absolute Gasteiger partial charge is 0.254 e. The summed E-state index contributed by atoms with van der Waals surface area (Å²) in [4.78, 5) is 4.75. The maximum atomic E-state index is 12.2. The van der Waals surface area contributed by atoms with Crippen LogP contribution in [0, 0.1) is 0 Å². The highest BCUT2D eigenvalue weighted by Crippen LogP contribution is 2.18. The molecule has 0 aliphatic heterocycles. The number of rotatable bonds is 6. The van der Waals surface area contributed by atoms with E-state index in [2.05, 4.69) is 28.4 Å². The van der Waals surface area contributed by atoms with Crippen LogP contribution in [0.25, 0.3) is 10.8 Å². The summed E-state index contributed by atoms with van der Waals surface area (Å²) in [6, 6.07) is 14.1. The predicted octanol–water partition coefficient (Wildman–Crippen LogP) is 3.83. The maximum Gasteiger partial charge on any atom is 0.0584 e. The number of aliphatic imine (C=N–C) groups is 1. The van der Waals surface area contributed by atoms with Crippen LogP contribution in [0.15, 0.2) is 52.4 Å². The van der Waals surface area contributed by atoms with Crippen LogP contribution in [0.3, 0.4) is 0 Å². The molecule has 4 heteroatoms. The van der Waals surface area contributed by atoms with Crippen LogP contribution in [-0.2, 0) is 10.8 Å². The first-order valence-electron chi connectivity index (χ1n) is 6.22. The van der Waals surface area contributed by atoms with Crippen LogP contribution in [0.4, 0.5) is 0 Å². The second-order valence-electron chi connectivity index (χ2n) is 4.24. The lowest BCUT2D eigenvalue weighted by molar-refractivity contribution is 0.678. The Hall–Kier alpha value is -1.35. The Kier molecular flexibility index (Phi) is 5.40. The summed E-state index contributed by atoms with van der Waals surface area (Å²) in [7, 11) is -0.933. The van der Waals surface area contributed by atoms with E-state index in [1.54, 1.807) is 0 Å². The van der Waals surface area contributed by atoms with Crippen LogP contribution in [0.2, 0.25) is 0 Å².